The molecule has 0 saturated carbocycles. The van der Waals surface area contributed by atoms with E-state index >= 15 is 0 Å². The van der Waals surface area contributed by atoms with Crippen LogP contribution in [-0.4, -0.2) is 24.5 Å². The van der Waals surface area contributed by atoms with Crippen molar-refractivity contribution in [2.45, 2.75) is 12.5 Å². The second-order valence-corrected chi connectivity index (χ2v) is 5.98. The van der Waals surface area contributed by atoms with Gasteiger partial charge in [0.1, 0.15) is 17.5 Å². The zero-order valence-electron chi connectivity index (χ0n) is 12.1. The Kier molecular flexibility index (Phi) is 4.62. The molecule has 1 aliphatic heterocycles. The van der Waals surface area contributed by atoms with Crippen LogP contribution in [0.2, 0.25) is 0 Å². The van der Waals surface area contributed by atoms with Gasteiger partial charge < -0.3 is 14.8 Å². The Morgan fingerprint density at radius 3 is 2.26 bits per heavy atom. The molecule has 3 rings (SSSR count). The van der Waals surface area contributed by atoms with Crippen LogP contribution in [0, 0.1) is 0 Å². The Balaban J connectivity index is 1.63. The minimum atomic E-state index is -0.554. The molecule has 1 fully saturated rings. The highest BCUT2D eigenvalue weighted by Crippen LogP contribution is 2.23. The highest BCUT2D eigenvalue weighted by molar-refractivity contribution is 9.10. The van der Waals surface area contributed by atoms with E-state index in [0.717, 1.165) is 4.47 Å². The minimum absolute atomic E-state index is 0.302. The number of esters is 1. The van der Waals surface area contributed by atoms with Gasteiger partial charge in [0.05, 0.1) is 6.61 Å². The monoisotopic (exact) mass is 375 g/mol. The van der Waals surface area contributed by atoms with Gasteiger partial charge in [-0.05, 0) is 48.5 Å². The van der Waals surface area contributed by atoms with Crippen LogP contribution in [-0.2, 0) is 9.53 Å². The van der Waals surface area contributed by atoms with Gasteiger partial charge in [-0.25, -0.2) is 4.79 Å². The highest BCUT2D eigenvalue weighted by atomic mass is 79.9. The molecule has 23 heavy (non-hydrogen) atoms. The number of nitrogens with one attached hydrogen (secondary N) is 1. The molecule has 0 radical (unpaired) electrons. The van der Waals surface area contributed by atoms with Crippen molar-refractivity contribution in [3.8, 4) is 11.5 Å². The number of carbonyl (C=O) groups excluding carboxylic acids is 2. The van der Waals surface area contributed by atoms with Crippen molar-refractivity contribution in [2.24, 2.45) is 0 Å². The summed E-state index contributed by atoms with van der Waals surface area (Å²) in [5, 5.41) is 2.66. The second kappa shape index (κ2) is 6.83. The van der Waals surface area contributed by atoms with Crippen molar-refractivity contribution >= 4 is 27.8 Å². The predicted molar refractivity (Wildman–Crippen MR) is 87.5 cm³/mol. The van der Waals surface area contributed by atoms with Gasteiger partial charge in [0.15, 0.2) is 0 Å². The number of rotatable bonds is 4. The van der Waals surface area contributed by atoms with Gasteiger partial charge in [0, 0.05) is 16.5 Å². The van der Waals surface area contributed by atoms with Gasteiger partial charge in [-0.2, -0.15) is 0 Å². The summed E-state index contributed by atoms with van der Waals surface area (Å²) in [6, 6.07) is 13.6. The molecule has 1 saturated heterocycles. The zero-order valence-corrected chi connectivity index (χ0v) is 13.7. The lowest BCUT2D eigenvalue weighted by Gasteiger charge is -2.10. The summed E-state index contributed by atoms with van der Waals surface area (Å²) in [6.45, 7) is 0.351. The summed E-state index contributed by atoms with van der Waals surface area (Å²) in [5.74, 6) is 0.654. The molecule has 118 valence electrons. The van der Waals surface area contributed by atoms with Gasteiger partial charge >= 0.3 is 5.97 Å². The molecule has 0 unspecified atom stereocenters. The third kappa shape index (κ3) is 3.90. The summed E-state index contributed by atoms with van der Waals surface area (Å²) in [5.41, 5.74) is 0.466. The average Bonchev–Trinajstić information content (AvgIpc) is 2.95. The van der Waals surface area contributed by atoms with Crippen molar-refractivity contribution in [3.63, 3.8) is 0 Å². The van der Waals surface area contributed by atoms with Gasteiger partial charge in [-0.3, -0.25) is 4.79 Å². The van der Waals surface area contributed by atoms with E-state index in [0.29, 0.717) is 30.1 Å². The molecule has 1 aliphatic rings. The molecule has 0 aliphatic carbocycles. The topological polar surface area (TPSA) is 64.6 Å². The number of benzene rings is 2. The summed E-state index contributed by atoms with van der Waals surface area (Å²) in [4.78, 5) is 23.5. The van der Waals surface area contributed by atoms with E-state index in [1.165, 1.54) is 0 Å². The van der Waals surface area contributed by atoms with E-state index in [1.807, 2.05) is 24.3 Å². The Morgan fingerprint density at radius 2 is 1.70 bits per heavy atom. The number of hydrogen-bond acceptors (Lipinski definition) is 4. The molecule has 1 heterocycles. The molecule has 1 amide bonds. The maximum Gasteiger partial charge on any atom is 0.328 e. The van der Waals surface area contributed by atoms with Crippen LogP contribution in [0.15, 0.2) is 53.0 Å². The van der Waals surface area contributed by atoms with Crippen molar-refractivity contribution in [3.05, 3.63) is 58.6 Å². The average molecular weight is 376 g/mol. The fourth-order valence-electron chi connectivity index (χ4n) is 2.18. The second-order valence-electron chi connectivity index (χ2n) is 5.06. The molecular formula is C17H14BrNO4. The van der Waals surface area contributed by atoms with Crippen molar-refractivity contribution in [2.75, 3.05) is 6.61 Å². The number of amides is 1. The third-order valence-corrected chi connectivity index (χ3v) is 3.94. The van der Waals surface area contributed by atoms with Crippen molar-refractivity contribution in [1.29, 1.82) is 0 Å². The Labute approximate surface area is 141 Å². The Bertz CT molecular complexity index is 712. The quantitative estimate of drug-likeness (QED) is 0.832. The standard InChI is InChI=1S/C17H14BrNO4/c18-12-3-7-14(8-4-12)23-13-5-1-11(2-6-13)16(20)19-15-9-10-22-17(15)21/h1-8,15H,9-10H2,(H,19,20)/t15-/m0/s1. The van der Waals surface area contributed by atoms with Crippen LogP contribution in [0.4, 0.5) is 0 Å². The number of ether oxygens (including phenoxy) is 2. The first kappa shape index (κ1) is 15.6. The van der Waals surface area contributed by atoms with Crippen LogP contribution in [0.25, 0.3) is 0 Å². The van der Waals surface area contributed by atoms with E-state index in [4.69, 9.17) is 9.47 Å². The molecule has 2 aromatic carbocycles. The Hall–Kier alpha value is -2.34. The van der Waals surface area contributed by atoms with Crippen LogP contribution < -0.4 is 10.1 Å². The molecule has 0 bridgehead atoms. The molecule has 0 aromatic heterocycles. The zero-order chi connectivity index (χ0) is 16.2. The van der Waals surface area contributed by atoms with Crippen LogP contribution in [0.3, 0.4) is 0 Å². The molecule has 1 atom stereocenters. The van der Waals surface area contributed by atoms with Crippen molar-refractivity contribution in [1.82, 2.24) is 5.32 Å². The van der Waals surface area contributed by atoms with E-state index in [1.54, 1.807) is 24.3 Å². The summed E-state index contributed by atoms with van der Waals surface area (Å²) in [7, 11) is 0. The largest absolute Gasteiger partial charge is 0.464 e. The van der Waals surface area contributed by atoms with E-state index in [9.17, 15) is 9.59 Å². The first-order valence-electron chi connectivity index (χ1n) is 7.13. The highest BCUT2D eigenvalue weighted by Gasteiger charge is 2.28. The van der Waals surface area contributed by atoms with Gasteiger partial charge in [0.2, 0.25) is 0 Å². The predicted octanol–water partition coefficient (Wildman–Crippen LogP) is 3.29. The van der Waals surface area contributed by atoms with Gasteiger partial charge in [-0.15, -0.1) is 0 Å². The first-order valence-corrected chi connectivity index (χ1v) is 7.92. The summed E-state index contributed by atoms with van der Waals surface area (Å²) in [6.07, 6.45) is 0.509. The normalized spacial score (nSPS) is 16.7. The molecular weight excluding hydrogens is 362 g/mol. The lowest BCUT2D eigenvalue weighted by atomic mass is 10.1. The number of carbonyl (C=O) groups is 2. The minimum Gasteiger partial charge on any atom is -0.464 e. The summed E-state index contributed by atoms with van der Waals surface area (Å²) >= 11 is 3.36. The van der Waals surface area contributed by atoms with E-state index in [-0.39, 0.29) is 11.9 Å². The molecule has 5 nitrogen and oxygen atoms in total. The molecule has 1 N–H and O–H groups in total. The summed E-state index contributed by atoms with van der Waals surface area (Å²) < 4.78 is 11.5. The van der Waals surface area contributed by atoms with E-state index in [2.05, 4.69) is 21.2 Å². The van der Waals surface area contributed by atoms with Gasteiger partial charge in [-0.1, -0.05) is 15.9 Å². The fraction of sp³-hybridized carbons (Fsp3) is 0.176. The molecule has 6 heteroatoms. The van der Waals surface area contributed by atoms with Crippen molar-refractivity contribution < 1.29 is 19.1 Å². The van der Waals surface area contributed by atoms with Crippen LogP contribution in [0.1, 0.15) is 16.8 Å². The number of cyclic esters (lactones) is 1. The first-order chi connectivity index (χ1) is 11.1. The molecule has 0 spiro atoms. The van der Waals surface area contributed by atoms with E-state index < -0.39 is 6.04 Å². The fourth-order valence-corrected chi connectivity index (χ4v) is 2.45. The Morgan fingerprint density at radius 1 is 1.09 bits per heavy atom. The number of hydrogen-bond donors (Lipinski definition) is 1. The molecule has 2 aromatic rings. The SMILES string of the molecule is O=C(N[C@H]1CCOC1=O)c1ccc(Oc2ccc(Br)cc2)cc1. The smallest absolute Gasteiger partial charge is 0.328 e. The maximum absolute atomic E-state index is 12.1. The number of halogens is 1. The third-order valence-electron chi connectivity index (χ3n) is 3.41. The maximum atomic E-state index is 12.1. The van der Waals surface area contributed by atoms with Gasteiger partial charge in [0.25, 0.3) is 5.91 Å². The van der Waals surface area contributed by atoms with Crippen LogP contribution in [0.5, 0.6) is 11.5 Å². The lowest BCUT2D eigenvalue weighted by molar-refractivity contribution is -0.139. The van der Waals surface area contributed by atoms with Crippen LogP contribution >= 0.6 is 15.9 Å². The lowest BCUT2D eigenvalue weighted by Crippen LogP contribution is -2.37.